The van der Waals surface area contributed by atoms with Gasteiger partial charge in [-0.3, -0.25) is 4.79 Å². The molecule has 1 aromatic carbocycles. The molecule has 0 spiro atoms. The van der Waals surface area contributed by atoms with Gasteiger partial charge in [0.15, 0.2) is 0 Å². The molecule has 2 rings (SSSR count). The minimum absolute atomic E-state index is 0.0214. The first-order chi connectivity index (χ1) is 7.79. The summed E-state index contributed by atoms with van der Waals surface area (Å²) in [7, 11) is 1.54. The molecule has 0 saturated heterocycles. The van der Waals surface area contributed by atoms with Gasteiger partial charge >= 0.3 is 0 Å². The van der Waals surface area contributed by atoms with E-state index in [1.807, 2.05) is 0 Å². The maximum absolute atomic E-state index is 11.4. The predicted molar refractivity (Wildman–Crippen MR) is 62.3 cm³/mol. The number of carbonyl (C=O) groups excluding carboxylic acids is 1. The molecule has 3 heteroatoms. The second-order valence-electron chi connectivity index (χ2n) is 4.21. The topological polar surface area (TPSA) is 38.3 Å². The lowest BCUT2D eigenvalue weighted by Crippen LogP contribution is -2.40. The highest BCUT2D eigenvalue weighted by atomic mass is 16.5. The van der Waals surface area contributed by atoms with Crippen molar-refractivity contribution in [3.05, 3.63) is 35.4 Å². The summed E-state index contributed by atoms with van der Waals surface area (Å²) in [6.07, 6.45) is 3.01. The van der Waals surface area contributed by atoms with Gasteiger partial charge in [-0.15, -0.1) is 0 Å². The Kier molecular flexibility index (Phi) is 3.57. The summed E-state index contributed by atoms with van der Waals surface area (Å²) in [5.74, 6) is -0.0214. The fraction of sp³-hybridized carbons (Fsp3) is 0.462. The molecule has 0 aromatic heterocycles. The van der Waals surface area contributed by atoms with Crippen molar-refractivity contribution in [1.82, 2.24) is 5.32 Å². The van der Waals surface area contributed by atoms with E-state index in [0.29, 0.717) is 0 Å². The smallest absolute Gasteiger partial charge is 0.246 e. The second kappa shape index (κ2) is 5.12. The van der Waals surface area contributed by atoms with Crippen molar-refractivity contribution in [2.24, 2.45) is 0 Å². The Hall–Kier alpha value is -1.35. The highest BCUT2D eigenvalue weighted by Crippen LogP contribution is 2.20. The van der Waals surface area contributed by atoms with Gasteiger partial charge in [-0.2, -0.15) is 0 Å². The van der Waals surface area contributed by atoms with E-state index in [4.69, 9.17) is 4.74 Å². The number of carbonyl (C=O) groups is 1. The summed E-state index contributed by atoms with van der Waals surface area (Å²) in [4.78, 5) is 11.4. The van der Waals surface area contributed by atoms with E-state index in [1.54, 1.807) is 0 Å². The minimum atomic E-state index is -0.0214. The van der Waals surface area contributed by atoms with Crippen LogP contribution in [-0.4, -0.2) is 25.7 Å². The van der Waals surface area contributed by atoms with E-state index < -0.39 is 0 Å². The van der Waals surface area contributed by atoms with Gasteiger partial charge in [0, 0.05) is 13.2 Å². The van der Waals surface area contributed by atoms with Crippen molar-refractivity contribution in [3.63, 3.8) is 0 Å². The average molecular weight is 219 g/mol. The van der Waals surface area contributed by atoms with E-state index in [2.05, 4.69) is 29.6 Å². The fourth-order valence-electron chi connectivity index (χ4n) is 2.22. The maximum Gasteiger partial charge on any atom is 0.246 e. The Labute approximate surface area is 95.8 Å². The lowest BCUT2D eigenvalue weighted by molar-refractivity contribution is -0.125. The molecular weight excluding hydrogens is 202 g/mol. The Morgan fingerprint density at radius 2 is 2.19 bits per heavy atom. The van der Waals surface area contributed by atoms with Crippen LogP contribution in [0.5, 0.6) is 0 Å². The summed E-state index contributed by atoms with van der Waals surface area (Å²) in [6.45, 7) is 0.151. The number of nitrogens with one attached hydrogen (secondary N) is 1. The number of aryl methyl sites for hydroxylation is 1. The number of hydrogen-bond acceptors (Lipinski definition) is 2. The first-order valence-electron chi connectivity index (χ1n) is 5.64. The number of rotatable bonds is 3. The summed E-state index contributed by atoms with van der Waals surface area (Å²) in [5, 5.41) is 3.00. The molecule has 0 fully saturated rings. The molecule has 0 radical (unpaired) electrons. The number of hydrogen-bond donors (Lipinski definition) is 1. The quantitative estimate of drug-likeness (QED) is 0.832. The highest BCUT2D eigenvalue weighted by Gasteiger charge is 2.19. The molecule has 1 aliphatic rings. The number of fused-ring (bicyclic) bond motifs is 1. The van der Waals surface area contributed by atoms with Crippen LogP contribution in [0.4, 0.5) is 0 Å². The highest BCUT2D eigenvalue weighted by molar-refractivity contribution is 5.77. The minimum Gasteiger partial charge on any atom is -0.375 e. The van der Waals surface area contributed by atoms with Crippen molar-refractivity contribution in [2.45, 2.75) is 25.3 Å². The molecule has 0 saturated carbocycles. The molecule has 86 valence electrons. The molecule has 1 amide bonds. The first-order valence-corrected chi connectivity index (χ1v) is 5.64. The summed E-state index contributed by atoms with van der Waals surface area (Å²) in [6, 6.07) is 8.70. The number of benzene rings is 1. The van der Waals surface area contributed by atoms with Crippen LogP contribution in [0, 0.1) is 0 Å². The molecular formula is C13H17NO2. The number of methoxy groups -OCH3 is 1. The third-order valence-electron chi connectivity index (χ3n) is 2.99. The SMILES string of the molecule is COCC(=O)NC1CCc2ccccc2C1. The standard InChI is InChI=1S/C13H17NO2/c1-16-9-13(15)14-12-7-6-10-4-2-3-5-11(10)8-12/h2-5,12H,6-9H2,1H3,(H,14,15). The van der Waals surface area contributed by atoms with Crippen molar-refractivity contribution < 1.29 is 9.53 Å². The van der Waals surface area contributed by atoms with Gasteiger partial charge in [0.05, 0.1) is 0 Å². The molecule has 1 unspecified atom stereocenters. The Bertz CT molecular complexity index is 376. The molecule has 0 bridgehead atoms. The summed E-state index contributed by atoms with van der Waals surface area (Å²) >= 11 is 0. The van der Waals surface area contributed by atoms with Gasteiger partial charge in [-0.05, 0) is 30.4 Å². The zero-order valence-corrected chi connectivity index (χ0v) is 9.53. The van der Waals surface area contributed by atoms with E-state index in [1.165, 1.54) is 18.2 Å². The van der Waals surface area contributed by atoms with Crippen LogP contribution >= 0.6 is 0 Å². The molecule has 1 aromatic rings. The van der Waals surface area contributed by atoms with Crippen LogP contribution in [0.3, 0.4) is 0 Å². The van der Waals surface area contributed by atoms with Crippen LogP contribution in [0.25, 0.3) is 0 Å². The van der Waals surface area contributed by atoms with Crippen molar-refractivity contribution >= 4 is 5.91 Å². The van der Waals surface area contributed by atoms with Crippen LogP contribution < -0.4 is 5.32 Å². The monoisotopic (exact) mass is 219 g/mol. The fourth-order valence-corrected chi connectivity index (χ4v) is 2.22. The molecule has 16 heavy (non-hydrogen) atoms. The van der Waals surface area contributed by atoms with E-state index in [-0.39, 0.29) is 18.6 Å². The largest absolute Gasteiger partial charge is 0.375 e. The van der Waals surface area contributed by atoms with E-state index >= 15 is 0 Å². The zero-order chi connectivity index (χ0) is 11.4. The van der Waals surface area contributed by atoms with E-state index in [0.717, 1.165) is 19.3 Å². The molecule has 1 N–H and O–H groups in total. The maximum atomic E-state index is 11.4. The average Bonchev–Trinajstić information content (AvgIpc) is 2.29. The summed E-state index contributed by atoms with van der Waals surface area (Å²) < 4.78 is 4.80. The molecule has 3 nitrogen and oxygen atoms in total. The number of ether oxygens (including phenoxy) is 1. The molecule has 0 aliphatic heterocycles. The number of amides is 1. The first kappa shape index (κ1) is 11.1. The summed E-state index contributed by atoms with van der Waals surface area (Å²) in [5.41, 5.74) is 2.77. The van der Waals surface area contributed by atoms with E-state index in [9.17, 15) is 4.79 Å². The van der Waals surface area contributed by atoms with Crippen LogP contribution in [0.1, 0.15) is 17.5 Å². The second-order valence-corrected chi connectivity index (χ2v) is 4.21. The molecule has 0 heterocycles. The Balaban J connectivity index is 1.95. The zero-order valence-electron chi connectivity index (χ0n) is 9.53. The van der Waals surface area contributed by atoms with Gasteiger partial charge in [0.1, 0.15) is 6.61 Å². The van der Waals surface area contributed by atoms with Crippen LogP contribution in [0.2, 0.25) is 0 Å². The molecule has 1 atom stereocenters. The third-order valence-corrected chi connectivity index (χ3v) is 2.99. The van der Waals surface area contributed by atoms with Gasteiger partial charge < -0.3 is 10.1 Å². The Morgan fingerprint density at radius 1 is 1.44 bits per heavy atom. The van der Waals surface area contributed by atoms with Crippen molar-refractivity contribution in [1.29, 1.82) is 0 Å². The Morgan fingerprint density at radius 3 is 2.94 bits per heavy atom. The predicted octanol–water partition coefficient (Wildman–Crippen LogP) is 1.31. The molecule has 1 aliphatic carbocycles. The van der Waals surface area contributed by atoms with Gasteiger partial charge in [0.25, 0.3) is 0 Å². The van der Waals surface area contributed by atoms with Crippen LogP contribution in [0.15, 0.2) is 24.3 Å². The lowest BCUT2D eigenvalue weighted by Gasteiger charge is -2.25. The normalized spacial score (nSPS) is 18.9. The van der Waals surface area contributed by atoms with Gasteiger partial charge in [0.2, 0.25) is 5.91 Å². The third kappa shape index (κ3) is 2.61. The van der Waals surface area contributed by atoms with Crippen LogP contribution in [-0.2, 0) is 22.4 Å². The lowest BCUT2D eigenvalue weighted by atomic mass is 9.88. The van der Waals surface area contributed by atoms with Gasteiger partial charge in [-0.25, -0.2) is 0 Å². The van der Waals surface area contributed by atoms with Crippen molar-refractivity contribution in [2.75, 3.05) is 13.7 Å². The van der Waals surface area contributed by atoms with Gasteiger partial charge in [-0.1, -0.05) is 24.3 Å². The van der Waals surface area contributed by atoms with Crippen molar-refractivity contribution in [3.8, 4) is 0 Å².